The summed E-state index contributed by atoms with van der Waals surface area (Å²) in [5.41, 5.74) is 1.36. The highest BCUT2D eigenvalue weighted by atomic mass is 35.5. The summed E-state index contributed by atoms with van der Waals surface area (Å²) in [6, 6.07) is 8.45. The van der Waals surface area contributed by atoms with Gasteiger partial charge in [-0.1, -0.05) is 25.5 Å². The summed E-state index contributed by atoms with van der Waals surface area (Å²) < 4.78 is 5.57. The number of hydrogen-bond acceptors (Lipinski definition) is 1. The maximum atomic E-state index is 6.30. The Morgan fingerprint density at radius 3 is 2.56 bits per heavy atom. The molecule has 0 aromatic heterocycles. The summed E-state index contributed by atoms with van der Waals surface area (Å²) in [5.74, 6) is 1.51. The van der Waals surface area contributed by atoms with Gasteiger partial charge in [0.15, 0.2) is 0 Å². The van der Waals surface area contributed by atoms with Crippen LogP contribution < -0.4 is 4.74 Å². The van der Waals surface area contributed by atoms with Crippen molar-refractivity contribution in [1.82, 2.24) is 0 Å². The molecule has 2 atom stereocenters. The van der Waals surface area contributed by atoms with E-state index in [2.05, 4.69) is 31.2 Å². The average Bonchev–Trinajstić information content (AvgIpc) is 2.74. The Kier molecular flexibility index (Phi) is 4.11. The highest BCUT2D eigenvalue weighted by Gasteiger charge is 2.26. The van der Waals surface area contributed by atoms with Gasteiger partial charge in [-0.15, -0.1) is 11.6 Å². The van der Waals surface area contributed by atoms with E-state index >= 15 is 0 Å². The molecule has 1 aromatic carbocycles. The van der Waals surface area contributed by atoms with Crippen LogP contribution >= 0.6 is 11.6 Å². The van der Waals surface area contributed by atoms with Crippen LogP contribution in [0.15, 0.2) is 24.3 Å². The average molecular weight is 239 g/mol. The molecule has 0 spiro atoms. The molecule has 0 bridgehead atoms. The molecule has 0 amide bonds. The minimum atomic E-state index is 0.322. The molecule has 0 aliphatic heterocycles. The molecule has 0 N–H and O–H groups in total. The summed E-state index contributed by atoms with van der Waals surface area (Å²) in [6.07, 6.45) is 4.69. The topological polar surface area (TPSA) is 9.23 Å². The maximum absolute atomic E-state index is 6.30. The number of alkyl halides is 1. The molecule has 2 rings (SSSR count). The van der Waals surface area contributed by atoms with Crippen LogP contribution in [0.25, 0.3) is 0 Å². The number of hydrogen-bond donors (Lipinski definition) is 0. The fraction of sp³-hybridized carbons (Fsp3) is 0.571. The van der Waals surface area contributed by atoms with Gasteiger partial charge in [-0.05, 0) is 37.0 Å². The van der Waals surface area contributed by atoms with Crippen LogP contribution in [0.1, 0.15) is 44.1 Å². The second kappa shape index (κ2) is 5.58. The van der Waals surface area contributed by atoms with Crippen molar-refractivity contribution in [3.8, 4) is 5.75 Å². The first-order valence-electron chi connectivity index (χ1n) is 6.18. The van der Waals surface area contributed by atoms with Crippen LogP contribution in [-0.2, 0) is 0 Å². The third-order valence-electron chi connectivity index (χ3n) is 3.21. The molecule has 0 saturated heterocycles. The van der Waals surface area contributed by atoms with E-state index in [0.717, 1.165) is 25.2 Å². The summed E-state index contributed by atoms with van der Waals surface area (Å²) in [7, 11) is 0. The molecule has 1 nitrogen and oxygen atoms in total. The fourth-order valence-electron chi connectivity index (χ4n) is 2.32. The van der Waals surface area contributed by atoms with Crippen molar-refractivity contribution in [3.05, 3.63) is 29.8 Å². The lowest BCUT2D eigenvalue weighted by Gasteiger charge is -2.14. The number of benzene rings is 1. The van der Waals surface area contributed by atoms with Crippen molar-refractivity contribution in [3.63, 3.8) is 0 Å². The molecule has 1 saturated carbocycles. The van der Waals surface area contributed by atoms with Crippen LogP contribution in [-0.4, -0.2) is 12.0 Å². The third-order valence-corrected chi connectivity index (χ3v) is 3.74. The zero-order chi connectivity index (χ0) is 11.4. The number of ether oxygens (including phenoxy) is 1. The Hall–Kier alpha value is -0.690. The fourth-order valence-corrected chi connectivity index (χ4v) is 2.75. The second-order valence-corrected chi connectivity index (χ2v) is 5.03. The lowest BCUT2D eigenvalue weighted by molar-refractivity contribution is 0.317. The van der Waals surface area contributed by atoms with E-state index in [1.54, 1.807) is 0 Å². The molecule has 2 unspecified atom stereocenters. The maximum Gasteiger partial charge on any atom is 0.119 e. The Morgan fingerprint density at radius 1 is 1.25 bits per heavy atom. The first-order chi connectivity index (χ1) is 7.81. The van der Waals surface area contributed by atoms with Gasteiger partial charge < -0.3 is 4.74 Å². The smallest absolute Gasteiger partial charge is 0.119 e. The molecule has 2 heteroatoms. The lowest BCUT2D eigenvalue weighted by Crippen LogP contribution is -2.04. The van der Waals surface area contributed by atoms with Crippen molar-refractivity contribution in [2.75, 3.05) is 6.61 Å². The highest BCUT2D eigenvalue weighted by molar-refractivity contribution is 6.21. The first kappa shape index (κ1) is 11.8. The molecule has 1 aromatic rings. The summed E-state index contributed by atoms with van der Waals surface area (Å²) in [4.78, 5) is 0. The van der Waals surface area contributed by atoms with Gasteiger partial charge in [-0.25, -0.2) is 0 Å². The quantitative estimate of drug-likeness (QED) is 0.709. The van der Waals surface area contributed by atoms with Gasteiger partial charge in [0.1, 0.15) is 5.75 Å². The van der Waals surface area contributed by atoms with E-state index in [1.807, 2.05) is 0 Å². The van der Waals surface area contributed by atoms with Crippen molar-refractivity contribution in [1.29, 1.82) is 0 Å². The molecular weight excluding hydrogens is 220 g/mol. The number of halogens is 1. The van der Waals surface area contributed by atoms with Crippen LogP contribution in [0.4, 0.5) is 0 Å². The van der Waals surface area contributed by atoms with Crippen LogP contribution in [0.3, 0.4) is 0 Å². The van der Waals surface area contributed by atoms with Gasteiger partial charge in [-0.3, -0.25) is 0 Å². The van der Waals surface area contributed by atoms with Crippen molar-refractivity contribution < 1.29 is 4.74 Å². The van der Waals surface area contributed by atoms with Crippen molar-refractivity contribution >= 4 is 11.6 Å². The largest absolute Gasteiger partial charge is 0.494 e. The zero-order valence-corrected chi connectivity index (χ0v) is 10.5. The standard InChI is InChI=1S/C14H19ClO/c1-2-10-16-12-8-6-11(7-9-12)13-4-3-5-14(13)15/h6-9,13-14H,2-5,10H2,1H3. The zero-order valence-electron chi connectivity index (χ0n) is 9.79. The van der Waals surface area contributed by atoms with Crippen LogP contribution in [0.5, 0.6) is 5.75 Å². The molecule has 0 radical (unpaired) electrons. The minimum absolute atomic E-state index is 0.322. The summed E-state index contributed by atoms with van der Waals surface area (Å²) in [5, 5.41) is 0.322. The molecular formula is C14H19ClO. The third kappa shape index (κ3) is 2.70. The van der Waals surface area contributed by atoms with Gasteiger partial charge in [0.2, 0.25) is 0 Å². The molecule has 1 aliphatic rings. The van der Waals surface area contributed by atoms with Gasteiger partial charge in [0.05, 0.1) is 6.61 Å². The monoisotopic (exact) mass is 238 g/mol. The second-order valence-electron chi connectivity index (χ2n) is 4.47. The molecule has 1 aliphatic carbocycles. The van der Waals surface area contributed by atoms with E-state index < -0.39 is 0 Å². The number of rotatable bonds is 4. The van der Waals surface area contributed by atoms with Crippen molar-refractivity contribution in [2.24, 2.45) is 0 Å². The highest BCUT2D eigenvalue weighted by Crippen LogP contribution is 2.38. The molecule has 0 heterocycles. The molecule has 16 heavy (non-hydrogen) atoms. The van der Waals surface area contributed by atoms with Gasteiger partial charge in [0.25, 0.3) is 0 Å². The summed E-state index contributed by atoms with van der Waals surface area (Å²) >= 11 is 6.30. The van der Waals surface area contributed by atoms with E-state index in [4.69, 9.17) is 16.3 Å². The molecule has 88 valence electrons. The lowest BCUT2D eigenvalue weighted by atomic mass is 9.97. The van der Waals surface area contributed by atoms with E-state index in [1.165, 1.54) is 18.4 Å². The van der Waals surface area contributed by atoms with Gasteiger partial charge in [-0.2, -0.15) is 0 Å². The summed E-state index contributed by atoms with van der Waals surface area (Å²) in [6.45, 7) is 2.91. The van der Waals surface area contributed by atoms with E-state index in [9.17, 15) is 0 Å². The Labute approximate surface area is 103 Å². The predicted octanol–water partition coefficient (Wildman–Crippen LogP) is 4.35. The SMILES string of the molecule is CCCOc1ccc(C2CCCC2Cl)cc1. The minimum Gasteiger partial charge on any atom is -0.494 e. The normalized spacial score (nSPS) is 24.6. The van der Waals surface area contributed by atoms with Crippen molar-refractivity contribution in [2.45, 2.75) is 43.9 Å². The van der Waals surface area contributed by atoms with Crippen LogP contribution in [0.2, 0.25) is 0 Å². The van der Waals surface area contributed by atoms with Gasteiger partial charge >= 0.3 is 0 Å². The van der Waals surface area contributed by atoms with E-state index in [-0.39, 0.29) is 0 Å². The van der Waals surface area contributed by atoms with E-state index in [0.29, 0.717) is 11.3 Å². The Bertz CT molecular complexity index is 320. The predicted molar refractivity (Wildman–Crippen MR) is 68.5 cm³/mol. The van der Waals surface area contributed by atoms with Crippen LogP contribution in [0, 0.1) is 0 Å². The first-order valence-corrected chi connectivity index (χ1v) is 6.61. The van der Waals surface area contributed by atoms with Gasteiger partial charge in [0, 0.05) is 11.3 Å². The molecule has 1 fully saturated rings. The Morgan fingerprint density at radius 2 is 2.00 bits per heavy atom. The Balaban J connectivity index is 2.01.